The molecule has 1 aromatic heterocycles. The van der Waals surface area contributed by atoms with Gasteiger partial charge in [-0.3, -0.25) is 14.5 Å². The zero-order chi connectivity index (χ0) is 19.2. The lowest BCUT2D eigenvalue weighted by atomic mass is 9.96. The lowest BCUT2D eigenvalue weighted by molar-refractivity contribution is -0.134. The second kappa shape index (κ2) is 6.45. The molecule has 8 heteroatoms. The van der Waals surface area contributed by atoms with Gasteiger partial charge in [-0.25, -0.2) is 9.78 Å². The summed E-state index contributed by atoms with van der Waals surface area (Å²) >= 11 is 1.58. The number of anilines is 1. The summed E-state index contributed by atoms with van der Waals surface area (Å²) < 4.78 is 0. The van der Waals surface area contributed by atoms with Crippen molar-refractivity contribution in [2.45, 2.75) is 32.2 Å². The molecular formula is C19H20N4O3S. The van der Waals surface area contributed by atoms with Crippen LogP contribution in [-0.2, 0) is 9.59 Å². The monoisotopic (exact) mass is 384 g/mol. The molecular weight excluding hydrogens is 364 g/mol. The smallest absolute Gasteiger partial charge is 0.325 e. The third-order valence-electron chi connectivity index (χ3n) is 5.08. The van der Waals surface area contributed by atoms with Crippen molar-refractivity contribution in [3.63, 3.8) is 0 Å². The topological polar surface area (TPSA) is 91.4 Å². The fourth-order valence-corrected chi connectivity index (χ4v) is 3.98. The Bertz CT molecular complexity index is 919. The van der Waals surface area contributed by atoms with Gasteiger partial charge in [0.05, 0.1) is 10.7 Å². The summed E-state index contributed by atoms with van der Waals surface area (Å²) in [5.74, 6) is -0.556. The quantitative estimate of drug-likeness (QED) is 0.776. The minimum Gasteiger partial charge on any atom is -0.325 e. The molecule has 7 nitrogen and oxygen atoms in total. The van der Waals surface area contributed by atoms with Crippen LogP contribution in [0.5, 0.6) is 0 Å². The van der Waals surface area contributed by atoms with Crippen molar-refractivity contribution in [2.75, 3.05) is 11.9 Å². The number of carbonyl (C=O) groups is 3. The van der Waals surface area contributed by atoms with Crippen LogP contribution in [0, 0.1) is 12.8 Å². The fourth-order valence-electron chi connectivity index (χ4n) is 3.36. The van der Waals surface area contributed by atoms with E-state index in [9.17, 15) is 14.4 Å². The van der Waals surface area contributed by atoms with Crippen LogP contribution in [0.25, 0.3) is 11.3 Å². The molecule has 140 valence electrons. The maximum absolute atomic E-state index is 12.6. The Morgan fingerprint density at radius 1 is 1.33 bits per heavy atom. The number of benzene rings is 1. The molecule has 1 saturated heterocycles. The summed E-state index contributed by atoms with van der Waals surface area (Å²) in [5, 5.41) is 8.45. The number of aryl methyl sites for hydroxylation is 1. The van der Waals surface area contributed by atoms with Crippen molar-refractivity contribution in [3.05, 3.63) is 34.7 Å². The van der Waals surface area contributed by atoms with Gasteiger partial charge in [-0.15, -0.1) is 11.3 Å². The number of thiazole rings is 1. The summed E-state index contributed by atoms with van der Waals surface area (Å²) in [6.45, 7) is 3.40. The summed E-state index contributed by atoms with van der Waals surface area (Å²) in [6.07, 6.45) is 1.85. The molecule has 1 saturated carbocycles. The molecule has 1 aliphatic carbocycles. The van der Waals surface area contributed by atoms with Crippen molar-refractivity contribution in [3.8, 4) is 11.3 Å². The van der Waals surface area contributed by atoms with Gasteiger partial charge in [0.25, 0.3) is 5.91 Å². The molecule has 2 heterocycles. The number of carbonyl (C=O) groups excluding carboxylic acids is 3. The molecule has 2 aromatic rings. The second-order valence-electron chi connectivity index (χ2n) is 7.18. The Morgan fingerprint density at radius 3 is 2.63 bits per heavy atom. The van der Waals surface area contributed by atoms with Gasteiger partial charge in [0.15, 0.2) is 0 Å². The molecule has 0 spiro atoms. The van der Waals surface area contributed by atoms with Crippen molar-refractivity contribution in [1.29, 1.82) is 0 Å². The molecule has 0 bridgehead atoms. The fraction of sp³-hybridized carbons (Fsp3) is 0.368. The lowest BCUT2D eigenvalue weighted by Gasteiger charge is -2.20. The third-order valence-corrected chi connectivity index (χ3v) is 5.85. The van der Waals surface area contributed by atoms with Crippen LogP contribution in [0.2, 0.25) is 0 Å². The minimum absolute atomic E-state index is 0.170. The molecule has 1 aromatic carbocycles. The van der Waals surface area contributed by atoms with Crippen LogP contribution in [0.3, 0.4) is 0 Å². The van der Waals surface area contributed by atoms with E-state index in [1.54, 1.807) is 30.4 Å². The largest absolute Gasteiger partial charge is 0.325 e. The molecule has 2 N–H and O–H groups in total. The zero-order valence-corrected chi connectivity index (χ0v) is 15.9. The highest BCUT2D eigenvalue weighted by Crippen LogP contribution is 2.42. The summed E-state index contributed by atoms with van der Waals surface area (Å²) in [4.78, 5) is 42.4. The van der Waals surface area contributed by atoms with Crippen LogP contribution < -0.4 is 10.6 Å². The first kappa shape index (κ1) is 17.7. The lowest BCUT2D eigenvalue weighted by Crippen LogP contribution is -2.46. The third kappa shape index (κ3) is 3.32. The highest BCUT2D eigenvalue weighted by molar-refractivity contribution is 7.09. The predicted octanol–water partition coefficient (Wildman–Crippen LogP) is 2.78. The van der Waals surface area contributed by atoms with Crippen LogP contribution in [-0.4, -0.2) is 39.8 Å². The van der Waals surface area contributed by atoms with Crippen LogP contribution in [0.15, 0.2) is 29.6 Å². The summed E-state index contributed by atoms with van der Waals surface area (Å²) in [6, 6.07) is 6.81. The van der Waals surface area contributed by atoms with Gasteiger partial charge in [-0.05, 0) is 44.7 Å². The summed E-state index contributed by atoms with van der Waals surface area (Å²) in [5.41, 5.74) is 1.60. The molecule has 2 fully saturated rings. The van der Waals surface area contributed by atoms with Crippen LogP contribution in [0.1, 0.15) is 24.8 Å². The van der Waals surface area contributed by atoms with Crippen LogP contribution >= 0.6 is 11.3 Å². The Balaban J connectivity index is 1.39. The number of rotatable bonds is 5. The van der Waals surface area contributed by atoms with E-state index < -0.39 is 17.5 Å². The van der Waals surface area contributed by atoms with E-state index in [1.165, 1.54) is 0 Å². The summed E-state index contributed by atoms with van der Waals surface area (Å²) in [7, 11) is 0. The molecule has 1 unspecified atom stereocenters. The van der Waals surface area contributed by atoms with Gasteiger partial charge < -0.3 is 10.6 Å². The average Bonchev–Trinajstić information content (AvgIpc) is 3.37. The van der Waals surface area contributed by atoms with E-state index >= 15 is 0 Å². The molecule has 1 aliphatic heterocycles. The van der Waals surface area contributed by atoms with Crippen molar-refractivity contribution >= 4 is 34.9 Å². The van der Waals surface area contributed by atoms with Crippen molar-refractivity contribution in [2.24, 2.45) is 5.92 Å². The number of hydrogen-bond donors (Lipinski definition) is 2. The standard InChI is InChI=1S/C19H20N4O3S/c1-11-20-15(10-27-11)12-3-7-14(8-4-12)21-16(24)9-23-17(25)19(2,13-5-6-13)22-18(23)26/h3-4,7-8,10,13H,5-6,9H2,1-2H3,(H,21,24)(H,22,26). The maximum Gasteiger partial charge on any atom is 0.325 e. The van der Waals surface area contributed by atoms with Crippen LogP contribution in [0.4, 0.5) is 10.5 Å². The first-order valence-electron chi connectivity index (χ1n) is 8.83. The van der Waals surface area contributed by atoms with E-state index in [2.05, 4.69) is 15.6 Å². The van der Waals surface area contributed by atoms with Crippen molar-refractivity contribution in [1.82, 2.24) is 15.2 Å². The Labute approximate surface area is 160 Å². The van der Waals surface area contributed by atoms with Gasteiger partial charge in [0, 0.05) is 16.6 Å². The Morgan fingerprint density at radius 2 is 2.04 bits per heavy atom. The van der Waals surface area contributed by atoms with Crippen molar-refractivity contribution < 1.29 is 14.4 Å². The van der Waals surface area contributed by atoms with E-state index in [-0.39, 0.29) is 18.4 Å². The first-order chi connectivity index (χ1) is 12.9. The zero-order valence-electron chi connectivity index (χ0n) is 15.1. The Hall–Kier alpha value is -2.74. The number of imide groups is 1. The number of amides is 4. The van der Waals surface area contributed by atoms with Gasteiger partial charge in [0.1, 0.15) is 12.1 Å². The number of nitrogens with one attached hydrogen (secondary N) is 2. The predicted molar refractivity (Wildman–Crippen MR) is 102 cm³/mol. The maximum atomic E-state index is 12.6. The van der Waals surface area contributed by atoms with E-state index in [0.29, 0.717) is 5.69 Å². The molecule has 27 heavy (non-hydrogen) atoms. The van der Waals surface area contributed by atoms with Gasteiger partial charge >= 0.3 is 6.03 Å². The van der Waals surface area contributed by atoms with E-state index in [4.69, 9.17) is 0 Å². The number of aromatic nitrogens is 1. The Kier molecular flexibility index (Phi) is 4.22. The van der Waals surface area contributed by atoms with Gasteiger partial charge in [-0.2, -0.15) is 0 Å². The van der Waals surface area contributed by atoms with Gasteiger partial charge in [0.2, 0.25) is 5.91 Å². The highest BCUT2D eigenvalue weighted by atomic mass is 32.1. The molecule has 0 radical (unpaired) electrons. The molecule has 1 atom stereocenters. The number of nitrogens with zero attached hydrogens (tertiary/aromatic N) is 2. The molecule has 4 amide bonds. The normalized spacial score (nSPS) is 22.1. The average molecular weight is 384 g/mol. The SMILES string of the molecule is Cc1nc(-c2ccc(NC(=O)CN3C(=O)NC(C)(C4CC4)C3=O)cc2)cs1. The van der Waals surface area contributed by atoms with E-state index in [1.807, 2.05) is 24.4 Å². The number of hydrogen-bond acceptors (Lipinski definition) is 5. The number of urea groups is 1. The minimum atomic E-state index is -0.870. The second-order valence-corrected chi connectivity index (χ2v) is 8.24. The molecule has 2 aliphatic rings. The highest BCUT2D eigenvalue weighted by Gasteiger charge is 2.56. The first-order valence-corrected chi connectivity index (χ1v) is 9.71. The molecule has 4 rings (SSSR count). The van der Waals surface area contributed by atoms with Gasteiger partial charge in [-0.1, -0.05) is 12.1 Å². The van der Waals surface area contributed by atoms with E-state index in [0.717, 1.165) is 34.0 Å².